The number of likely N-dealkylation sites (tertiary alicyclic amines) is 1. The number of aromatic nitrogens is 2. The molecule has 4 aliphatic heterocycles. The molecule has 22 heteroatoms. The SMILES string of the molecule is CCN(C)S(=O)(=O)Nc1ccc(F)c(C(=O)c2c[nH]c3ncc(-c4ccc(N5CCN(C(=O)CN6CCC(N7CCN(C8CCC(=O)NC8=O)C(=O)C7)C(F)(F)C6)CC5)cc4)cc23)c1F. The van der Waals surface area contributed by atoms with Gasteiger partial charge in [-0.3, -0.25) is 43.8 Å². The van der Waals surface area contributed by atoms with Crippen molar-refractivity contribution in [3.8, 4) is 11.1 Å². The molecule has 65 heavy (non-hydrogen) atoms. The molecule has 0 bridgehead atoms. The van der Waals surface area contributed by atoms with Crippen LogP contribution in [0.2, 0.25) is 0 Å². The Morgan fingerprint density at radius 1 is 0.954 bits per heavy atom. The Balaban J connectivity index is 0.848. The molecule has 8 rings (SSSR count). The number of nitrogens with zero attached hydrogens (tertiary/aromatic N) is 7. The summed E-state index contributed by atoms with van der Waals surface area (Å²) >= 11 is 0. The highest BCUT2D eigenvalue weighted by Gasteiger charge is 2.50. The highest BCUT2D eigenvalue weighted by atomic mass is 32.2. The number of carbonyl (C=O) groups is 5. The van der Waals surface area contributed by atoms with Crippen molar-refractivity contribution in [1.29, 1.82) is 0 Å². The maximum atomic E-state index is 15.6. The number of carbonyl (C=O) groups excluding carboxylic acids is 5. The lowest BCUT2D eigenvalue weighted by atomic mass is 9.97. The van der Waals surface area contributed by atoms with Crippen LogP contribution in [0.25, 0.3) is 22.2 Å². The Morgan fingerprint density at radius 2 is 1.69 bits per heavy atom. The molecule has 2 aromatic heterocycles. The second kappa shape index (κ2) is 18.1. The van der Waals surface area contributed by atoms with E-state index in [1.807, 2.05) is 24.3 Å². The highest BCUT2D eigenvalue weighted by Crippen LogP contribution is 2.34. The van der Waals surface area contributed by atoms with Crippen LogP contribution in [-0.2, 0) is 29.4 Å². The molecule has 6 heterocycles. The minimum atomic E-state index is -4.17. The molecule has 4 fully saturated rings. The van der Waals surface area contributed by atoms with Gasteiger partial charge in [0.2, 0.25) is 29.4 Å². The first-order chi connectivity index (χ1) is 30.9. The maximum absolute atomic E-state index is 15.6. The number of H-pyrrole nitrogens is 1. The standard InChI is InChI=1S/C43H48F4N10O7S/c1-3-52(2)65(63,64)51-32-9-8-31(44)38(39(32)45)40(61)30-22-49-41-29(30)20-27(21-48-41)26-4-6-28(7-5-26)54-14-16-55(17-15-54)36(59)23-53-13-12-34(43(46,47)25-53)56-18-19-57(37(60)24-56)33-10-11-35(58)50-42(33)62/h4-9,20-22,33-34,51H,3,10-19,23-25H2,1-2H3,(H,48,49)(H,50,58,62). The largest absolute Gasteiger partial charge is 0.368 e. The monoisotopic (exact) mass is 924 g/mol. The minimum absolute atomic E-state index is 0.0594. The summed E-state index contributed by atoms with van der Waals surface area (Å²) in [5.74, 6) is -8.37. The molecule has 4 saturated heterocycles. The van der Waals surface area contributed by atoms with Crippen molar-refractivity contribution in [1.82, 2.24) is 39.2 Å². The van der Waals surface area contributed by atoms with Crippen molar-refractivity contribution in [3.63, 3.8) is 0 Å². The van der Waals surface area contributed by atoms with Crippen molar-refractivity contribution in [2.24, 2.45) is 0 Å². The molecule has 0 spiro atoms. The van der Waals surface area contributed by atoms with Crippen LogP contribution in [0, 0.1) is 11.6 Å². The molecule has 2 atom stereocenters. The van der Waals surface area contributed by atoms with Crippen LogP contribution in [0.5, 0.6) is 0 Å². The molecule has 346 valence electrons. The van der Waals surface area contributed by atoms with Crippen LogP contribution in [0.3, 0.4) is 0 Å². The number of halogens is 4. The van der Waals surface area contributed by atoms with E-state index in [9.17, 15) is 32.4 Å². The first-order valence-electron chi connectivity index (χ1n) is 21.3. The van der Waals surface area contributed by atoms with E-state index in [0.717, 1.165) is 27.7 Å². The molecule has 3 N–H and O–H groups in total. The molecule has 2 aromatic carbocycles. The van der Waals surface area contributed by atoms with E-state index in [2.05, 4.69) is 24.9 Å². The van der Waals surface area contributed by atoms with Crippen LogP contribution in [0.15, 0.2) is 54.9 Å². The van der Waals surface area contributed by atoms with Gasteiger partial charge in [0.05, 0.1) is 36.9 Å². The molecule has 4 aliphatic rings. The van der Waals surface area contributed by atoms with Crippen LogP contribution in [0.1, 0.15) is 42.1 Å². The quantitative estimate of drug-likeness (QED) is 0.108. The molecule has 0 saturated carbocycles. The van der Waals surface area contributed by atoms with Crippen molar-refractivity contribution in [2.75, 3.05) is 88.7 Å². The number of benzene rings is 2. The average molecular weight is 925 g/mol. The minimum Gasteiger partial charge on any atom is -0.368 e. The molecular weight excluding hydrogens is 877 g/mol. The second-order valence-corrected chi connectivity index (χ2v) is 18.4. The predicted octanol–water partition coefficient (Wildman–Crippen LogP) is 2.66. The Morgan fingerprint density at radius 3 is 2.37 bits per heavy atom. The number of piperidine rings is 2. The van der Waals surface area contributed by atoms with E-state index in [1.165, 1.54) is 27.9 Å². The number of ketones is 1. The van der Waals surface area contributed by atoms with E-state index in [0.29, 0.717) is 42.8 Å². The average Bonchev–Trinajstić information content (AvgIpc) is 3.71. The molecule has 0 aliphatic carbocycles. The Labute approximate surface area is 371 Å². The number of hydrogen-bond donors (Lipinski definition) is 3. The number of rotatable bonds is 12. The third kappa shape index (κ3) is 9.29. The summed E-state index contributed by atoms with van der Waals surface area (Å²) in [7, 11) is -2.89. The first kappa shape index (κ1) is 45.6. The molecule has 4 amide bonds. The lowest BCUT2D eigenvalue weighted by molar-refractivity contribution is -0.161. The number of pyridine rings is 1. The molecule has 17 nitrogen and oxygen atoms in total. The van der Waals surface area contributed by atoms with Crippen LogP contribution >= 0.6 is 0 Å². The number of fused-ring (bicyclic) bond motifs is 1. The molecule has 2 unspecified atom stereocenters. The van der Waals surface area contributed by atoms with Gasteiger partial charge in [0.15, 0.2) is 5.82 Å². The summed E-state index contributed by atoms with van der Waals surface area (Å²) in [5, 5.41) is 2.53. The van der Waals surface area contributed by atoms with Gasteiger partial charge < -0.3 is 19.7 Å². The van der Waals surface area contributed by atoms with Crippen molar-refractivity contribution in [2.45, 2.75) is 44.2 Å². The fourth-order valence-electron chi connectivity index (χ4n) is 8.94. The van der Waals surface area contributed by atoms with Gasteiger partial charge in [0.25, 0.3) is 5.92 Å². The lowest BCUT2D eigenvalue weighted by Gasteiger charge is -2.47. The second-order valence-electron chi connectivity index (χ2n) is 16.7. The fraction of sp³-hybridized carbons (Fsp3) is 0.442. The summed E-state index contributed by atoms with van der Waals surface area (Å²) < 4.78 is 90.0. The number of amides is 4. The van der Waals surface area contributed by atoms with Gasteiger partial charge in [0, 0.05) is 100 Å². The third-order valence-electron chi connectivity index (χ3n) is 12.7. The third-order valence-corrected chi connectivity index (χ3v) is 14.3. The zero-order chi connectivity index (χ0) is 46.4. The smallest absolute Gasteiger partial charge is 0.301 e. The zero-order valence-electron chi connectivity index (χ0n) is 35.7. The molecular formula is C43H48F4N10O7S. The molecule has 4 aromatic rings. The number of aromatic amines is 1. The topological polar surface area (TPSA) is 192 Å². The Bertz CT molecular complexity index is 2640. The summed E-state index contributed by atoms with van der Waals surface area (Å²) in [6.45, 7) is 2.87. The van der Waals surface area contributed by atoms with Gasteiger partial charge in [-0.2, -0.15) is 12.7 Å². The summed E-state index contributed by atoms with van der Waals surface area (Å²) in [6, 6.07) is 8.89. The van der Waals surface area contributed by atoms with E-state index < -0.39 is 81.2 Å². The number of imide groups is 1. The van der Waals surface area contributed by atoms with Crippen LogP contribution in [-0.4, -0.2) is 169 Å². The summed E-state index contributed by atoms with van der Waals surface area (Å²) in [4.78, 5) is 79.2. The number of nitrogens with one attached hydrogen (secondary N) is 3. The number of piperazine rings is 2. The van der Waals surface area contributed by atoms with E-state index in [4.69, 9.17) is 0 Å². The van der Waals surface area contributed by atoms with Gasteiger partial charge in [-0.05, 0) is 48.7 Å². The first-order valence-corrected chi connectivity index (χ1v) is 22.7. The van der Waals surface area contributed by atoms with Gasteiger partial charge in [-0.15, -0.1) is 0 Å². The Kier molecular flexibility index (Phi) is 12.7. The van der Waals surface area contributed by atoms with Crippen LogP contribution in [0.4, 0.5) is 28.9 Å². The van der Waals surface area contributed by atoms with Crippen molar-refractivity contribution in [3.05, 3.63) is 77.6 Å². The van der Waals surface area contributed by atoms with Gasteiger partial charge in [-0.25, -0.2) is 22.5 Å². The number of alkyl halides is 2. The highest BCUT2D eigenvalue weighted by molar-refractivity contribution is 7.90. The predicted molar refractivity (Wildman–Crippen MR) is 230 cm³/mol. The van der Waals surface area contributed by atoms with E-state index in [1.54, 1.807) is 24.1 Å². The number of anilines is 2. The fourth-order valence-corrected chi connectivity index (χ4v) is 9.87. The Hall–Kier alpha value is -5.97. The van der Waals surface area contributed by atoms with Crippen LogP contribution < -0.4 is 14.9 Å². The van der Waals surface area contributed by atoms with Crippen molar-refractivity contribution >= 4 is 62.0 Å². The molecule has 0 radical (unpaired) electrons. The summed E-state index contributed by atoms with van der Waals surface area (Å²) in [5.41, 5.74) is 0.910. The normalized spacial score (nSPS) is 21.3. The van der Waals surface area contributed by atoms with Gasteiger partial charge >= 0.3 is 10.2 Å². The van der Waals surface area contributed by atoms with Crippen molar-refractivity contribution < 1.29 is 50.0 Å². The van der Waals surface area contributed by atoms with E-state index in [-0.39, 0.29) is 70.0 Å². The lowest BCUT2D eigenvalue weighted by Crippen LogP contribution is -2.66. The zero-order valence-corrected chi connectivity index (χ0v) is 36.5. The van der Waals surface area contributed by atoms with Gasteiger partial charge in [0.1, 0.15) is 17.5 Å². The van der Waals surface area contributed by atoms with Gasteiger partial charge in [-0.1, -0.05) is 19.1 Å². The maximum Gasteiger partial charge on any atom is 0.301 e. The van der Waals surface area contributed by atoms with E-state index >= 15 is 17.6 Å². The number of hydrogen-bond acceptors (Lipinski definition) is 11. The summed E-state index contributed by atoms with van der Waals surface area (Å²) in [6.07, 6.45) is 3.24.